The summed E-state index contributed by atoms with van der Waals surface area (Å²) in [5.41, 5.74) is -0.334. The maximum atomic E-state index is 10.6. The summed E-state index contributed by atoms with van der Waals surface area (Å²) in [5, 5.41) is 10.6. The molecular weight excluding hydrogens is 210 g/mol. The molecule has 2 nitrogen and oxygen atoms in total. The Kier molecular flexibility index (Phi) is 3.45. The quantitative estimate of drug-likeness (QED) is 0.798. The first kappa shape index (κ1) is 12.0. The number of β-amino-alcohol motifs (C(OH)–C–C–N with tert-alkyl or cyclic N) is 1. The van der Waals surface area contributed by atoms with E-state index in [1.54, 1.807) is 0 Å². The Labute approximate surface area is 105 Å². The highest BCUT2D eigenvalue weighted by atomic mass is 16.3. The van der Waals surface area contributed by atoms with Crippen LogP contribution < -0.4 is 0 Å². The highest BCUT2D eigenvalue weighted by Gasteiger charge is 2.39. The van der Waals surface area contributed by atoms with Crippen LogP contribution in [0.4, 0.5) is 0 Å². The van der Waals surface area contributed by atoms with Gasteiger partial charge in [-0.3, -0.25) is 4.90 Å². The molecular formula is C15H27NO. The maximum absolute atomic E-state index is 10.6. The van der Waals surface area contributed by atoms with E-state index in [1.807, 2.05) is 0 Å². The van der Waals surface area contributed by atoms with Crippen LogP contribution in [-0.2, 0) is 0 Å². The lowest BCUT2D eigenvalue weighted by Gasteiger charge is -2.46. The van der Waals surface area contributed by atoms with Crippen molar-refractivity contribution in [1.82, 2.24) is 4.90 Å². The molecule has 2 saturated carbocycles. The van der Waals surface area contributed by atoms with Crippen LogP contribution in [0.5, 0.6) is 0 Å². The number of nitrogens with zero attached hydrogens (tertiary/aromatic N) is 1. The predicted octanol–water partition coefficient (Wildman–Crippen LogP) is 2.95. The average molecular weight is 237 g/mol. The number of hydrogen-bond donors (Lipinski definition) is 1. The number of aliphatic hydroxyl groups is 1. The van der Waals surface area contributed by atoms with Crippen molar-refractivity contribution in [2.24, 2.45) is 5.92 Å². The first-order valence-electron chi connectivity index (χ1n) is 7.73. The second-order valence-electron chi connectivity index (χ2n) is 6.66. The van der Waals surface area contributed by atoms with Crippen LogP contribution >= 0.6 is 0 Å². The van der Waals surface area contributed by atoms with Gasteiger partial charge >= 0.3 is 0 Å². The van der Waals surface area contributed by atoms with Gasteiger partial charge in [0.15, 0.2) is 0 Å². The van der Waals surface area contributed by atoms with E-state index in [0.29, 0.717) is 0 Å². The summed E-state index contributed by atoms with van der Waals surface area (Å²) in [7, 11) is 0. The van der Waals surface area contributed by atoms with Crippen LogP contribution in [0.1, 0.15) is 64.2 Å². The van der Waals surface area contributed by atoms with Crippen LogP contribution in [0.3, 0.4) is 0 Å². The summed E-state index contributed by atoms with van der Waals surface area (Å²) in [6, 6.07) is 0.808. The van der Waals surface area contributed by atoms with Gasteiger partial charge in [-0.2, -0.15) is 0 Å². The minimum atomic E-state index is -0.334. The lowest BCUT2D eigenvalue weighted by molar-refractivity contribution is -0.0332. The molecule has 3 aliphatic rings. The van der Waals surface area contributed by atoms with Gasteiger partial charge in [0.25, 0.3) is 0 Å². The van der Waals surface area contributed by atoms with Crippen LogP contribution in [0.2, 0.25) is 0 Å². The minimum absolute atomic E-state index is 0.334. The first-order valence-corrected chi connectivity index (χ1v) is 7.73. The average Bonchev–Trinajstić information content (AvgIpc) is 2.76. The molecule has 2 heteroatoms. The molecule has 0 radical (unpaired) electrons. The van der Waals surface area contributed by atoms with Gasteiger partial charge in [-0.15, -0.1) is 0 Å². The van der Waals surface area contributed by atoms with Gasteiger partial charge in [0.05, 0.1) is 5.60 Å². The molecule has 1 heterocycles. The topological polar surface area (TPSA) is 23.5 Å². The maximum Gasteiger partial charge on any atom is 0.0774 e. The number of rotatable bonds is 2. The van der Waals surface area contributed by atoms with Gasteiger partial charge in [0, 0.05) is 12.6 Å². The van der Waals surface area contributed by atoms with Gasteiger partial charge in [-0.05, 0) is 51.0 Å². The van der Waals surface area contributed by atoms with Gasteiger partial charge in [0.2, 0.25) is 0 Å². The minimum Gasteiger partial charge on any atom is -0.389 e. The smallest absolute Gasteiger partial charge is 0.0774 e. The highest BCUT2D eigenvalue weighted by molar-refractivity contribution is 4.93. The molecule has 2 atom stereocenters. The summed E-state index contributed by atoms with van der Waals surface area (Å²) >= 11 is 0. The van der Waals surface area contributed by atoms with E-state index >= 15 is 0 Å². The molecule has 0 amide bonds. The van der Waals surface area contributed by atoms with E-state index in [2.05, 4.69) is 4.90 Å². The summed E-state index contributed by atoms with van der Waals surface area (Å²) in [5.74, 6) is 0.947. The van der Waals surface area contributed by atoms with Crippen molar-refractivity contribution in [1.29, 1.82) is 0 Å². The normalized spacial score (nSPS) is 37.9. The molecule has 0 aromatic carbocycles. The van der Waals surface area contributed by atoms with E-state index < -0.39 is 0 Å². The van der Waals surface area contributed by atoms with Crippen LogP contribution in [0.25, 0.3) is 0 Å². The standard InChI is InChI=1S/C15H27NO/c17-15(9-3-4-10-15)12-16-11-5-7-13-6-1-2-8-14(13)16/h13-14,17H,1-12H2. The third-order valence-electron chi connectivity index (χ3n) is 5.39. The lowest BCUT2D eigenvalue weighted by atomic mass is 9.78. The first-order chi connectivity index (χ1) is 8.27. The van der Waals surface area contributed by atoms with E-state index in [0.717, 1.165) is 31.3 Å². The Morgan fingerprint density at radius 3 is 2.47 bits per heavy atom. The second-order valence-corrected chi connectivity index (χ2v) is 6.66. The molecule has 3 fully saturated rings. The summed E-state index contributed by atoms with van der Waals surface area (Å²) in [4.78, 5) is 2.65. The van der Waals surface area contributed by atoms with Gasteiger partial charge < -0.3 is 5.11 Å². The van der Waals surface area contributed by atoms with Crippen molar-refractivity contribution >= 4 is 0 Å². The lowest BCUT2D eigenvalue weighted by Crippen LogP contribution is -2.52. The van der Waals surface area contributed by atoms with Crippen molar-refractivity contribution in [3.63, 3.8) is 0 Å². The number of hydrogen-bond acceptors (Lipinski definition) is 2. The fourth-order valence-corrected chi connectivity index (χ4v) is 4.49. The van der Waals surface area contributed by atoms with Crippen molar-refractivity contribution in [3.05, 3.63) is 0 Å². The third-order valence-corrected chi connectivity index (χ3v) is 5.39. The molecule has 1 aliphatic heterocycles. The SMILES string of the molecule is OC1(CN2CCCC3CCCCC32)CCCC1. The summed E-state index contributed by atoms with van der Waals surface area (Å²) in [6.07, 6.45) is 13.0. The van der Waals surface area contributed by atoms with Gasteiger partial charge in [0.1, 0.15) is 0 Å². The zero-order valence-corrected chi connectivity index (χ0v) is 11.0. The fraction of sp³-hybridized carbons (Fsp3) is 1.00. The van der Waals surface area contributed by atoms with Crippen LogP contribution in [0, 0.1) is 5.92 Å². The summed E-state index contributed by atoms with van der Waals surface area (Å²) in [6.45, 7) is 2.21. The van der Waals surface area contributed by atoms with E-state index in [-0.39, 0.29) is 5.60 Å². The molecule has 0 aromatic heterocycles. The van der Waals surface area contributed by atoms with E-state index in [4.69, 9.17) is 0 Å². The Bertz CT molecular complexity index is 258. The van der Waals surface area contributed by atoms with Gasteiger partial charge in [-0.25, -0.2) is 0 Å². The zero-order chi connectivity index (χ0) is 11.7. The molecule has 17 heavy (non-hydrogen) atoms. The summed E-state index contributed by atoms with van der Waals surface area (Å²) < 4.78 is 0. The Morgan fingerprint density at radius 2 is 1.65 bits per heavy atom. The molecule has 2 aliphatic carbocycles. The molecule has 0 bridgehead atoms. The molecule has 1 N–H and O–H groups in total. The third kappa shape index (κ3) is 2.53. The van der Waals surface area contributed by atoms with E-state index in [9.17, 15) is 5.11 Å². The number of fused-ring (bicyclic) bond motifs is 1. The Balaban J connectivity index is 1.64. The van der Waals surface area contributed by atoms with Crippen molar-refractivity contribution in [2.75, 3.05) is 13.1 Å². The van der Waals surface area contributed by atoms with Gasteiger partial charge in [-0.1, -0.05) is 25.7 Å². The fourth-order valence-electron chi connectivity index (χ4n) is 4.49. The van der Waals surface area contributed by atoms with Crippen molar-refractivity contribution in [3.8, 4) is 0 Å². The van der Waals surface area contributed by atoms with Crippen LogP contribution in [-0.4, -0.2) is 34.7 Å². The molecule has 3 rings (SSSR count). The van der Waals surface area contributed by atoms with Crippen LogP contribution in [0.15, 0.2) is 0 Å². The Morgan fingerprint density at radius 1 is 0.941 bits per heavy atom. The second kappa shape index (κ2) is 4.89. The largest absolute Gasteiger partial charge is 0.389 e. The molecule has 0 spiro atoms. The number of likely N-dealkylation sites (tertiary alicyclic amines) is 1. The van der Waals surface area contributed by atoms with E-state index in [1.165, 1.54) is 57.9 Å². The van der Waals surface area contributed by atoms with Crippen molar-refractivity contribution in [2.45, 2.75) is 75.9 Å². The number of piperidine rings is 1. The highest BCUT2D eigenvalue weighted by Crippen LogP contribution is 2.38. The molecule has 98 valence electrons. The predicted molar refractivity (Wildman–Crippen MR) is 70.0 cm³/mol. The zero-order valence-electron chi connectivity index (χ0n) is 11.0. The Hall–Kier alpha value is -0.0800. The monoisotopic (exact) mass is 237 g/mol. The molecule has 1 saturated heterocycles. The molecule has 0 aromatic rings. The molecule has 2 unspecified atom stereocenters. The van der Waals surface area contributed by atoms with Crippen molar-refractivity contribution < 1.29 is 5.11 Å².